The SMILES string of the molecule is Cc1ccn2ncc(C(=O)NC(C)(C)CCC(=O)O)c2n1. The predicted octanol–water partition coefficient (Wildman–Crippen LogP) is 1.41. The Balaban J connectivity index is 2.18. The zero-order valence-electron chi connectivity index (χ0n) is 12.3. The van der Waals surface area contributed by atoms with Crippen molar-refractivity contribution in [2.24, 2.45) is 0 Å². The van der Waals surface area contributed by atoms with Gasteiger partial charge in [-0.25, -0.2) is 9.50 Å². The van der Waals surface area contributed by atoms with Crippen LogP contribution in [0.3, 0.4) is 0 Å². The molecule has 0 aromatic carbocycles. The van der Waals surface area contributed by atoms with Gasteiger partial charge in [-0.15, -0.1) is 0 Å². The van der Waals surface area contributed by atoms with Gasteiger partial charge in [0.1, 0.15) is 5.56 Å². The summed E-state index contributed by atoms with van der Waals surface area (Å²) in [5.74, 6) is -1.19. The number of fused-ring (bicyclic) bond motifs is 1. The number of hydrogen-bond acceptors (Lipinski definition) is 4. The molecule has 21 heavy (non-hydrogen) atoms. The maximum Gasteiger partial charge on any atom is 0.303 e. The lowest BCUT2D eigenvalue weighted by atomic mass is 9.98. The molecule has 2 N–H and O–H groups in total. The summed E-state index contributed by atoms with van der Waals surface area (Å²) < 4.78 is 1.53. The maximum absolute atomic E-state index is 12.3. The van der Waals surface area contributed by atoms with Crippen LogP contribution >= 0.6 is 0 Å². The number of aryl methyl sites for hydroxylation is 1. The second kappa shape index (κ2) is 5.51. The van der Waals surface area contributed by atoms with Gasteiger partial charge in [0.25, 0.3) is 5.91 Å². The molecule has 2 rings (SSSR count). The Bertz CT molecular complexity index is 691. The van der Waals surface area contributed by atoms with Gasteiger partial charge in [-0.05, 0) is 33.3 Å². The van der Waals surface area contributed by atoms with E-state index in [1.807, 2.05) is 6.92 Å². The smallest absolute Gasteiger partial charge is 0.303 e. The summed E-state index contributed by atoms with van der Waals surface area (Å²) in [5, 5.41) is 15.6. The van der Waals surface area contributed by atoms with Crippen LogP contribution in [0, 0.1) is 6.92 Å². The van der Waals surface area contributed by atoms with Gasteiger partial charge in [-0.3, -0.25) is 9.59 Å². The Morgan fingerprint density at radius 3 is 2.81 bits per heavy atom. The van der Waals surface area contributed by atoms with Crippen LogP contribution in [0.15, 0.2) is 18.5 Å². The lowest BCUT2D eigenvalue weighted by molar-refractivity contribution is -0.137. The van der Waals surface area contributed by atoms with Gasteiger partial charge in [-0.1, -0.05) is 0 Å². The van der Waals surface area contributed by atoms with E-state index >= 15 is 0 Å². The normalized spacial score (nSPS) is 11.6. The first-order valence-corrected chi connectivity index (χ1v) is 6.64. The van der Waals surface area contributed by atoms with Crippen LogP contribution in [-0.2, 0) is 4.79 Å². The largest absolute Gasteiger partial charge is 0.481 e. The standard InChI is InChI=1S/C14H18N4O3/c1-9-5-7-18-12(16-9)10(8-15-18)13(21)17-14(2,3)6-4-11(19)20/h5,7-8H,4,6H2,1-3H3,(H,17,21)(H,19,20). The first-order chi connectivity index (χ1) is 9.78. The van der Waals surface area contributed by atoms with Gasteiger partial charge in [0.15, 0.2) is 5.65 Å². The number of carboxylic acid groups (broad SMARTS) is 1. The van der Waals surface area contributed by atoms with Crippen LogP contribution in [0.4, 0.5) is 0 Å². The number of carbonyl (C=O) groups is 2. The van der Waals surface area contributed by atoms with E-state index in [0.717, 1.165) is 5.69 Å². The van der Waals surface area contributed by atoms with E-state index in [1.165, 1.54) is 10.7 Å². The van der Waals surface area contributed by atoms with Crippen LogP contribution in [0.1, 0.15) is 42.7 Å². The summed E-state index contributed by atoms with van der Waals surface area (Å²) in [6.45, 7) is 5.42. The number of aromatic nitrogens is 3. The minimum Gasteiger partial charge on any atom is -0.481 e. The molecule has 112 valence electrons. The molecule has 0 atom stereocenters. The molecule has 2 heterocycles. The highest BCUT2D eigenvalue weighted by molar-refractivity contribution is 6.00. The second-order valence-corrected chi connectivity index (χ2v) is 5.63. The number of nitrogens with zero attached hydrogens (tertiary/aromatic N) is 3. The Kier molecular flexibility index (Phi) is 3.93. The molecule has 2 aromatic rings. The second-order valence-electron chi connectivity index (χ2n) is 5.63. The van der Waals surface area contributed by atoms with Gasteiger partial charge in [0, 0.05) is 23.9 Å². The van der Waals surface area contributed by atoms with Crippen molar-refractivity contribution in [2.45, 2.75) is 39.2 Å². The zero-order chi connectivity index (χ0) is 15.6. The molecule has 0 radical (unpaired) electrons. The Morgan fingerprint density at radius 2 is 2.14 bits per heavy atom. The average Bonchev–Trinajstić information content (AvgIpc) is 2.79. The summed E-state index contributed by atoms with van der Waals surface area (Å²) in [6, 6.07) is 1.80. The fourth-order valence-electron chi connectivity index (χ4n) is 1.98. The van der Waals surface area contributed by atoms with E-state index in [4.69, 9.17) is 5.11 Å². The van der Waals surface area contributed by atoms with Crippen LogP contribution in [0.2, 0.25) is 0 Å². The highest BCUT2D eigenvalue weighted by Crippen LogP contribution is 2.14. The van der Waals surface area contributed by atoms with E-state index < -0.39 is 11.5 Å². The molecule has 0 saturated heterocycles. The van der Waals surface area contributed by atoms with Gasteiger partial charge in [-0.2, -0.15) is 5.10 Å². The molecule has 7 heteroatoms. The summed E-state index contributed by atoms with van der Waals surface area (Å²) >= 11 is 0. The van der Waals surface area contributed by atoms with Gasteiger partial charge < -0.3 is 10.4 Å². The summed E-state index contributed by atoms with van der Waals surface area (Å²) in [6.07, 6.45) is 3.55. The van der Waals surface area contributed by atoms with E-state index in [-0.39, 0.29) is 12.3 Å². The van der Waals surface area contributed by atoms with Crippen molar-refractivity contribution in [3.8, 4) is 0 Å². The lowest BCUT2D eigenvalue weighted by Crippen LogP contribution is -2.43. The number of hydrogen-bond donors (Lipinski definition) is 2. The molecule has 0 saturated carbocycles. The van der Waals surface area contributed by atoms with Crippen molar-refractivity contribution in [2.75, 3.05) is 0 Å². The van der Waals surface area contributed by atoms with Gasteiger partial charge in [0.2, 0.25) is 0 Å². The fourth-order valence-corrected chi connectivity index (χ4v) is 1.98. The molecular formula is C14H18N4O3. The number of carboxylic acids is 1. The van der Waals surface area contributed by atoms with Gasteiger partial charge in [0.05, 0.1) is 6.20 Å². The van der Waals surface area contributed by atoms with E-state index in [1.54, 1.807) is 26.1 Å². The van der Waals surface area contributed by atoms with Crippen molar-refractivity contribution in [3.05, 3.63) is 29.7 Å². The number of nitrogens with one attached hydrogen (secondary N) is 1. The minimum atomic E-state index is -0.884. The lowest BCUT2D eigenvalue weighted by Gasteiger charge is -2.25. The Labute approximate surface area is 122 Å². The molecule has 0 aliphatic rings. The monoisotopic (exact) mass is 290 g/mol. The topological polar surface area (TPSA) is 96.6 Å². The third-order valence-corrected chi connectivity index (χ3v) is 3.17. The fraction of sp³-hybridized carbons (Fsp3) is 0.429. The van der Waals surface area contributed by atoms with Crippen molar-refractivity contribution in [3.63, 3.8) is 0 Å². The summed E-state index contributed by atoms with van der Waals surface area (Å²) in [4.78, 5) is 27.3. The van der Waals surface area contributed by atoms with E-state index in [2.05, 4.69) is 15.4 Å². The molecule has 0 spiro atoms. The number of amides is 1. The molecule has 0 bridgehead atoms. The molecule has 2 aromatic heterocycles. The highest BCUT2D eigenvalue weighted by Gasteiger charge is 2.24. The molecular weight excluding hydrogens is 272 g/mol. The highest BCUT2D eigenvalue weighted by atomic mass is 16.4. The first-order valence-electron chi connectivity index (χ1n) is 6.64. The summed E-state index contributed by atoms with van der Waals surface area (Å²) in [5.41, 5.74) is 1.04. The minimum absolute atomic E-state index is 0.000597. The Hall–Kier alpha value is -2.44. The van der Waals surface area contributed by atoms with Crippen LogP contribution in [-0.4, -0.2) is 37.1 Å². The van der Waals surface area contributed by atoms with Crippen LogP contribution in [0.5, 0.6) is 0 Å². The molecule has 0 aliphatic carbocycles. The van der Waals surface area contributed by atoms with Crippen LogP contribution in [0.25, 0.3) is 5.65 Å². The Morgan fingerprint density at radius 1 is 1.43 bits per heavy atom. The molecule has 0 aliphatic heterocycles. The maximum atomic E-state index is 12.3. The first kappa shape index (κ1) is 15.0. The summed E-state index contributed by atoms with van der Waals surface area (Å²) in [7, 11) is 0. The molecule has 0 unspecified atom stereocenters. The van der Waals surface area contributed by atoms with E-state index in [9.17, 15) is 9.59 Å². The number of carbonyl (C=O) groups excluding carboxylic acids is 1. The number of rotatable bonds is 5. The number of aliphatic carboxylic acids is 1. The quantitative estimate of drug-likeness (QED) is 0.868. The van der Waals surface area contributed by atoms with Crippen LogP contribution < -0.4 is 5.32 Å². The molecule has 1 amide bonds. The predicted molar refractivity (Wildman–Crippen MR) is 76.1 cm³/mol. The van der Waals surface area contributed by atoms with Gasteiger partial charge >= 0.3 is 5.97 Å². The molecule has 7 nitrogen and oxygen atoms in total. The van der Waals surface area contributed by atoms with E-state index in [0.29, 0.717) is 17.6 Å². The average molecular weight is 290 g/mol. The zero-order valence-corrected chi connectivity index (χ0v) is 12.3. The van der Waals surface area contributed by atoms with Crippen molar-refractivity contribution < 1.29 is 14.7 Å². The van der Waals surface area contributed by atoms with Crippen molar-refractivity contribution >= 4 is 17.5 Å². The third kappa shape index (κ3) is 3.56. The van der Waals surface area contributed by atoms with Crippen molar-refractivity contribution in [1.29, 1.82) is 0 Å². The third-order valence-electron chi connectivity index (χ3n) is 3.17. The molecule has 0 fully saturated rings. The van der Waals surface area contributed by atoms with Crippen molar-refractivity contribution in [1.82, 2.24) is 19.9 Å².